The van der Waals surface area contributed by atoms with E-state index in [0.29, 0.717) is 43.6 Å². The van der Waals surface area contributed by atoms with Gasteiger partial charge in [0.25, 0.3) is 0 Å². The summed E-state index contributed by atoms with van der Waals surface area (Å²) in [5.74, 6) is -0.442. The summed E-state index contributed by atoms with van der Waals surface area (Å²) >= 11 is 1.10. The normalized spacial score (nSPS) is 14.5. The second-order valence-electron chi connectivity index (χ2n) is 6.27. The molecule has 2 heterocycles. The van der Waals surface area contributed by atoms with E-state index in [-0.39, 0.29) is 17.4 Å². The molecule has 168 valence electrons. The average molecular weight is 460 g/mol. The zero-order chi connectivity index (χ0) is 22.4. The molecule has 1 aromatic heterocycles. The molecule has 0 spiro atoms. The fourth-order valence-electron chi connectivity index (χ4n) is 2.79. The number of ether oxygens (including phenoxy) is 2. The molecule has 2 aromatic rings. The molecule has 0 N–H and O–H groups in total. The highest BCUT2D eigenvalue weighted by atomic mass is 32.2. The van der Waals surface area contributed by atoms with Crippen molar-refractivity contribution in [1.29, 1.82) is 0 Å². The predicted molar refractivity (Wildman–Crippen MR) is 102 cm³/mol. The maximum atomic E-state index is 12.5. The van der Waals surface area contributed by atoms with Gasteiger partial charge in [-0.1, -0.05) is 11.8 Å². The second kappa shape index (κ2) is 9.85. The van der Waals surface area contributed by atoms with Crippen molar-refractivity contribution in [3.8, 4) is 11.4 Å². The van der Waals surface area contributed by atoms with Crippen LogP contribution in [0, 0.1) is 0 Å². The Morgan fingerprint density at radius 1 is 1.10 bits per heavy atom. The van der Waals surface area contributed by atoms with E-state index < -0.39 is 12.5 Å². The van der Waals surface area contributed by atoms with E-state index in [0.717, 1.165) is 23.9 Å². The van der Waals surface area contributed by atoms with E-state index in [1.54, 1.807) is 16.7 Å². The van der Waals surface area contributed by atoms with Crippen molar-refractivity contribution in [1.82, 2.24) is 30.0 Å². The summed E-state index contributed by atoms with van der Waals surface area (Å²) in [6, 6.07) is 5.04. The SMILES string of the molecule is CCOC(=O)N1CCN(C(=O)CSc2nnnn2-c2ccc(OC(F)(F)F)cc2)CC1. The van der Waals surface area contributed by atoms with Gasteiger partial charge < -0.3 is 19.3 Å². The van der Waals surface area contributed by atoms with E-state index in [1.165, 1.54) is 16.8 Å². The van der Waals surface area contributed by atoms with Crippen molar-refractivity contribution < 1.29 is 32.2 Å². The van der Waals surface area contributed by atoms with Crippen LogP contribution >= 0.6 is 11.8 Å². The molecule has 0 bridgehead atoms. The third-order valence-corrected chi connectivity index (χ3v) is 5.14. The standard InChI is InChI=1S/C17H19F3N6O4S/c1-2-29-16(28)25-9-7-24(8-10-25)14(27)11-31-15-21-22-23-26(15)12-3-5-13(6-4-12)30-17(18,19)20/h3-6H,2,7-11H2,1H3. The summed E-state index contributed by atoms with van der Waals surface area (Å²) in [7, 11) is 0. The van der Waals surface area contributed by atoms with E-state index >= 15 is 0 Å². The van der Waals surface area contributed by atoms with Gasteiger partial charge in [0, 0.05) is 26.2 Å². The topological polar surface area (TPSA) is 103 Å². The van der Waals surface area contributed by atoms with Gasteiger partial charge in [-0.25, -0.2) is 4.79 Å². The summed E-state index contributed by atoms with van der Waals surface area (Å²) in [5, 5.41) is 11.6. The number of hydrogen-bond donors (Lipinski definition) is 0. The predicted octanol–water partition coefficient (Wildman–Crippen LogP) is 1.95. The number of aromatic nitrogens is 4. The Balaban J connectivity index is 1.54. The number of nitrogens with zero attached hydrogens (tertiary/aromatic N) is 6. The van der Waals surface area contributed by atoms with E-state index in [4.69, 9.17) is 4.74 Å². The molecule has 0 atom stereocenters. The lowest BCUT2D eigenvalue weighted by atomic mass is 10.3. The van der Waals surface area contributed by atoms with Crippen molar-refractivity contribution in [3.63, 3.8) is 0 Å². The largest absolute Gasteiger partial charge is 0.573 e. The van der Waals surface area contributed by atoms with Crippen LogP contribution in [0.5, 0.6) is 5.75 Å². The first kappa shape index (κ1) is 22.7. The molecular formula is C17H19F3N6O4S. The Kier molecular flexibility index (Phi) is 7.20. The van der Waals surface area contributed by atoms with Crippen LogP contribution in [0.2, 0.25) is 0 Å². The quantitative estimate of drug-likeness (QED) is 0.603. The van der Waals surface area contributed by atoms with Crippen LogP contribution in [0.1, 0.15) is 6.92 Å². The smallest absolute Gasteiger partial charge is 0.450 e. The van der Waals surface area contributed by atoms with Crippen LogP contribution in [0.4, 0.5) is 18.0 Å². The van der Waals surface area contributed by atoms with Gasteiger partial charge in [-0.15, -0.1) is 18.3 Å². The molecule has 14 heteroatoms. The maximum Gasteiger partial charge on any atom is 0.573 e. The number of hydrogen-bond acceptors (Lipinski definition) is 8. The Bertz CT molecular complexity index is 900. The monoisotopic (exact) mass is 460 g/mol. The van der Waals surface area contributed by atoms with Crippen molar-refractivity contribution in [2.75, 3.05) is 38.5 Å². The number of rotatable bonds is 6. The van der Waals surface area contributed by atoms with Gasteiger partial charge in [0.1, 0.15) is 5.75 Å². The zero-order valence-corrected chi connectivity index (χ0v) is 17.2. The summed E-state index contributed by atoms with van der Waals surface area (Å²) < 4.78 is 46.9. The molecule has 31 heavy (non-hydrogen) atoms. The Morgan fingerprint density at radius 3 is 2.35 bits per heavy atom. The lowest BCUT2D eigenvalue weighted by Crippen LogP contribution is -2.51. The Hall–Kier alpha value is -3.03. The van der Waals surface area contributed by atoms with Gasteiger partial charge >= 0.3 is 12.5 Å². The van der Waals surface area contributed by atoms with Crippen molar-refractivity contribution in [2.45, 2.75) is 18.4 Å². The summed E-state index contributed by atoms with van der Waals surface area (Å²) in [6.07, 6.45) is -5.17. The first-order valence-electron chi connectivity index (χ1n) is 9.23. The van der Waals surface area contributed by atoms with E-state index in [9.17, 15) is 22.8 Å². The second-order valence-corrected chi connectivity index (χ2v) is 7.21. The minimum atomic E-state index is -4.78. The number of amides is 2. The summed E-state index contributed by atoms with van der Waals surface area (Å²) in [6.45, 7) is 3.58. The minimum Gasteiger partial charge on any atom is -0.450 e. The first-order valence-corrected chi connectivity index (χ1v) is 10.2. The molecule has 2 amide bonds. The number of carbonyl (C=O) groups excluding carboxylic acids is 2. The number of benzene rings is 1. The lowest BCUT2D eigenvalue weighted by Gasteiger charge is -2.33. The molecule has 0 aliphatic carbocycles. The minimum absolute atomic E-state index is 0.0645. The first-order chi connectivity index (χ1) is 14.8. The lowest BCUT2D eigenvalue weighted by molar-refractivity contribution is -0.274. The molecule has 1 aliphatic heterocycles. The molecule has 0 radical (unpaired) electrons. The fourth-order valence-corrected chi connectivity index (χ4v) is 3.58. The molecule has 10 nitrogen and oxygen atoms in total. The third-order valence-electron chi connectivity index (χ3n) is 4.24. The summed E-state index contributed by atoms with van der Waals surface area (Å²) in [4.78, 5) is 27.4. The highest BCUT2D eigenvalue weighted by molar-refractivity contribution is 7.99. The van der Waals surface area contributed by atoms with E-state index in [2.05, 4.69) is 20.3 Å². The molecule has 1 fully saturated rings. The van der Waals surface area contributed by atoms with Crippen LogP contribution < -0.4 is 4.74 Å². The molecule has 1 aliphatic rings. The van der Waals surface area contributed by atoms with Gasteiger partial charge in [-0.2, -0.15) is 4.68 Å². The number of alkyl halides is 3. The fraction of sp³-hybridized carbons (Fsp3) is 0.471. The molecule has 0 unspecified atom stereocenters. The van der Waals surface area contributed by atoms with Gasteiger partial charge in [0.05, 0.1) is 18.0 Å². The molecule has 0 saturated carbocycles. The molecule has 1 saturated heterocycles. The molecule has 3 rings (SSSR count). The van der Waals surface area contributed by atoms with Crippen molar-refractivity contribution in [2.24, 2.45) is 0 Å². The van der Waals surface area contributed by atoms with Gasteiger partial charge in [0.15, 0.2) is 0 Å². The van der Waals surface area contributed by atoms with Gasteiger partial charge in [0.2, 0.25) is 11.1 Å². The number of halogens is 3. The number of thioether (sulfide) groups is 1. The highest BCUT2D eigenvalue weighted by Gasteiger charge is 2.31. The molecular weight excluding hydrogens is 441 g/mol. The van der Waals surface area contributed by atoms with Crippen molar-refractivity contribution in [3.05, 3.63) is 24.3 Å². The average Bonchev–Trinajstić information content (AvgIpc) is 3.20. The molecule has 1 aromatic carbocycles. The van der Waals surface area contributed by atoms with Crippen LogP contribution in [-0.4, -0.2) is 86.9 Å². The zero-order valence-electron chi connectivity index (χ0n) is 16.4. The van der Waals surface area contributed by atoms with Crippen LogP contribution in [-0.2, 0) is 9.53 Å². The highest BCUT2D eigenvalue weighted by Crippen LogP contribution is 2.25. The third kappa shape index (κ3) is 6.23. The van der Waals surface area contributed by atoms with Gasteiger partial charge in [-0.3, -0.25) is 4.79 Å². The summed E-state index contributed by atoms with van der Waals surface area (Å²) in [5.41, 5.74) is 0.414. The Labute approximate surface area is 179 Å². The Morgan fingerprint density at radius 2 is 1.74 bits per heavy atom. The number of carbonyl (C=O) groups is 2. The van der Waals surface area contributed by atoms with Crippen molar-refractivity contribution >= 4 is 23.8 Å². The number of tetrazole rings is 1. The van der Waals surface area contributed by atoms with Crippen LogP contribution in [0.15, 0.2) is 29.4 Å². The van der Waals surface area contributed by atoms with Crippen LogP contribution in [0.25, 0.3) is 5.69 Å². The maximum absolute atomic E-state index is 12.5. The van der Waals surface area contributed by atoms with Crippen LogP contribution in [0.3, 0.4) is 0 Å². The van der Waals surface area contributed by atoms with E-state index in [1.807, 2.05) is 0 Å². The van der Waals surface area contributed by atoms with Gasteiger partial charge in [-0.05, 0) is 41.6 Å². The number of piperazine rings is 1.